The zero-order chi connectivity index (χ0) is 27.9. The van der Waals surface area contributed by atoms with E-state index in [0.717, 1.165) is 24.3 Å². The second-order valence-corrected chi connectivity index (χ2v) is 10.3. The third kappa shape index (κ3) is 4.74. The molecule has 2 aromatic carbocycles. The fourth-order valence-electron chi connectivity index (χ4n) is 3.81. The van der Waals surface area contributed by atoms with Gasteiger partial charge in [0.15, 0.2) is 15.7 Å². The van der Waals surface area contributed by atoms with E-state index in [9.17, 15) is 17.6 Å². The fourth-order valence-corrected chi connectivity index (χ4v) is 5.53. The van der Waals surface area contributed by atoms with E-state index in [-0.39, 0.29) is 27.9 Å². The Hall–Kier alpha value is -4.57. The third-order valence-electron chi connectivity index (χ3n) is 5.56. The van der Waals surface area contributed by atoms with E-state index in [0.29, 0.717) is 0 Å². The van der Waals surface area contributed by atoms with Crippen molar-refractivity contribution in [3.05, 3.63) is 70.3 Å². The molecule has 0 fully saturated rings. The molecule has 200 valence electrons. The molecule has 0 atom stereocenters. The minimum absolute atomic E-state index is 0.00246. The molecule has 3 heterocycles. The molecule has 5 rings (SSSR count). The van der Waals surface area contributed by atoms with Crippen LogP contribution in [0.3, 0.4) is 0 Å². The number of H-pyrrole nitrogens is 2. The van der Waals surface area contributed by atoms with Gasteiger partial charge in [-0.15, -0.1) is 5.10 Å². The maximum absolute atomic E-state index is 15.6. The van der Waals surface area contributed by atoms with Gasteiger partial charge >= 0.3 is 0 Å². The topological polar surface area (TPSA) is 168 Å². The molecular formula is C22H14ClF3N8O4S. The van der Waals surface area contributed by atoms with E-state index >= 15 is 8.78 Å². The van der Waals surface area contributed by atoms with E-state index in [1.165, 1.54) is 19.4 Å². The number of sulfone groups is 1. The van der Waals surface area contributed by atoms with E-state index in [4.69, 9.17) is 16.3 Å². The van der Waals surface area contributed by atoms with E-state index in [1.807, 2.05) is 0 Å². The van der Waals surface area contributed by atoms with Crippen LogP contribution in [0.15, 0.2) is 41.4 Å². The number of hydrogen-bond acceptors (Lipinski definition) is 9. The second-order valence-electron chi connectivity index (χ2n) is 7.93. The number of anilines is 1. The van der Waals surface area contributed by atoms with Crippen molar-refractivity contribution in [3.63, 3.8) is 0 Å². The number of methoxy groups -OCH3 is 1. The number of ether oxygens (including phenoxy) is 1. The quantitative estimate of drug-likeness (QED) is 0.262. The third-order valence-corrected chi connectivity index (χ3v) is 7.42. The summed E-state index contributed by atoms with van der Waals surface area (Å²) in [4.78, 5) is 15.9. The molecule has 1 amide bonds. The number of nitrogens with one attached hydrogen (secondary N) is 3. The summed E-state index contributed by atoms with van der Waals surface area (Å²) in [5, 5.41) is 21.0. The number of nitrogens with zero attached hydrogens (tertiary/aromatic N) is 5. The molecule has 0 aliphatic heterocycles. The number of pyridine rings is 1. The highest BCUT2D eigenvalue weighted by molar-refractivity contribution is 7.90. The molecule has 0 radical (unpaired) electrons. The van der Waals surface area contributed by atoms with Gasteiger partial charge < -0.3 is 4.74 Å². The van der Waals surface area contributed by atoms with Gasteiger partial charge in [0, 0.05) is 22.7 Å². The minimum atomic E-state index is -4.29. The number of aromatic amines is 2. The number of halogens is 4. The van der Waals surface area contributed by atoms with Gasteiger partial charge in [-0.3, -0.25) is 15.2 Å². The highest BCUT2D eigenvalue weighted by atomic mass is 35.5. The van der Waals surface area contributed by atoms with E-state index in [1.54, 1.807) is 0 Å². The van der Waals surface area contributed by atoms with Crippen molar-refractivity contribution in [2.75, 3.05) is 12.4 Å². The average molecular weight is 579 g/mol. The van der Waals surface area contributed by atoms with Gasteiger partial charge in [-0.05, 0) is 23.4 Å². The average Bonchev–Trinajstić information content (AvgIpc) is 3.57. The Labute approximate surface area is 221 Å². The summed E-state index contributed by atoms with van der Waals surface area (Å²) in [6.07, 6.45) is 1.17. The normalized spacial score (nSPS) is 11.6. The van der Waals surface area contributed by atoms with Crippen LogP contribution in [0.1, 0.15) is 16.1 Å². The lowest BCUT2D eigenvalue weighted by atomic mass is 9.99. The first-order valence-electron chi connectivity index (χ1n) is 10.7. The number of aromatic nitrogens is 7. The van der Waals surface area contributed by atoms with Crippen LogP contribution in [0, 0.1) is 17.5 Å². The van der Waals surface area contributed by atoms with E-state index < -0.39 is 66.1 Å². The molecule has 0 saturated heterocycles. The molecule has 0 aliphatic carbocycles. The SMILES string of the molecule is COc1ncc(Cl)cc1S(=O)(=O)Cc1ccc(F)c(-c2ccc3c(C(=O)Nc4nn[nH]n4)[nH]nc3c2F)c1F. The number of carbonyl (C=O) groups excluding carboxylic acids is 1. The van der Waals surface area contributed by atoms with Crippen molar-refractivity contribution in [2.24, 2.45) is 0 Å². The molecule has 12 nitrogen and oxygen atoms in total. The molecule has 0 spiro atoms. The van der Waals surface area contributed by atoms with Crippen molar-refractivity contribution < 1.29 is 31.1 Å². The summed E-state index contributed by atoms with van der Waals surface area (Å²) in [5.74, 6) is -5.74. The number of rotatable bonds is 7. The Morgan fingerprint density at radius 2 is 1.92 bits per heavy atom. The van der Waals surface area contributed by atoms with E-state index in [2.05, 4.69) is 41.1 Å². The van der Waals surface area contributed by atoms with Gasteiger partial charge in [0.05, 0.1) is 23.4 Å². The smallest absolute Gasteiger partial charge is 0.276 e. The van der Waals surface area contributed by atoms with Crippen molar-refractivity contribution in [3.8, 4) is 17.0 Å². The molecular weight excluding hydrogens is 565 g/mol. The lowest BCUT2D eigenvalue weighted by molar-refractivity contribution is 0.102. The maximum atomic E-state index is 15.6. The monoisotopic (exact) mass is 578 g/mol. The summed E-state index contributed by atoms with van der Waals surface area (Å²) in [5.41, 5.74) is -2.38. The predicted molar refractivity (Wildman–Crippen MR) is 130 cm³/mol. The summed E-state index contributed by atoms with van der Waals surface area (Å²) in [6, 6.07) is 5.11. The van der Waals surface area contributed by atoms with Gasteiger partial charge in [-0.25, -0.2) is 26.6 Å². The number of carbonyl (C=O) groups is 1. The molecule has 0 bridgehead atoms. The highest BCUT2D eigenvalue weighted by Crippen LogP contribution is 2.35. The fraction of sp³-hybridized carbons (Fsp3) is 0.0909. The Kier molecular flexibility index (Phi) is 6.65. The standard InChI is InChI=1S/C22H14ClF3N8O4S/c1-38-21-14(6-10(23)7-27-21)39(36,37)8-9-2-5-13(24)15(16(9)25)11-3-4-12-18(17(11)26)29-30-19(12)20(35)28-22-31-33-34-32-22/h2-7H,8H2,1H3,(H,29,30)(H2,28,31,32,33,34,35). The number of benzene rings is 2. The highest BCUT2D eigenvalue weighted by Gasteiger charge is 2.28. The van der Waals surface area contributed by atoms with Crippen LogP contribution in [0.5, 0.6) is 5.88 Å². The van der Waals surface area contributed by atoms with Crippen LogP contribution in [-0.2, 0) is 15.6 Å². The Balaban J connectivity index is 1.54. The van der Waals surface area contributed by atoms with Crippen LogP contribution in [0.2, 0.25) is 5.02 Å². The van der Waals surface area contributed by atoms with Gasteiger partial charge in [0.2, 0.25) is 5.88 Å². The van der Waals surface area contributed by atoms with Crippen molar-refractivity contribution in [2.45, 2.75) is 10.6 Å². The molecule has 0 saturated carbocycles. The van der Waals surface area contributed by atoms with Gasteiger partial charge in [-0.1, -0.05) is 28.8 Å². The van der Waals surface area contributed by atoms with Crippen LogP contribution < -0.4 is 10.1 Å². The van der Waals surface area contributed by atoms with Crippen LogP contribution in [0.4, 0.5) is 19.1 Å². The Morgan fingerprint density at radius 1 is 1.13 bits per heavy atom. The van der Waals surface area contributed by atoms with Crippen LogP contribution in [-0.4, -0.2) is 57.2 Å². The van der Waals surface area contributed by atoms with Gasteiger partial charge in [0.1, 0.15) is 27.7 Å². The molecule has 0 unspecified atom stereocenters. The van der Waals surface area contributed by atoms with Crippen molar-refractivity contribution in [1.82, 2.24) is 35.8 Å². The first-order valence-corrected chi connectivity index (χ1v) is 12.7. The largest absolute Gasteiger partial charge is 0.480 e. The molecule has 3 N–H and O–H groups in total. The molecule has 17 heteroatoms. The Bertz CT molecular complexity index is 1850. The lowest BCUT2D eigenvalue weighted by Crippen LogP contribution is -2.14. The minimum Gasteiger partial charge on any atom is -0.480 e. The number of fused-ring (bicyclic) bond motifs is 1. The van der Waals surface area contributed by atoms with Gasteiger partial charge in [0.25, 0.3) is 11.9 Å². The summed E-state index contributed by atoms with van der Waals surface area (Å²) >= 11 is 5.87. The second kappa shape index (κ2) is 9.95. The zero-order valence-corrected chi connectivity index (χ0v) is 21.0. The number of amides is 1. The molecule has 3 aromatic heterocycles. The zero-order valence-electron chi connectivity index (χ0n) is 19.5. The summed E-state index contributed by atoms with van der Waals surface area (Å²) in [6.45, 7) is 0. The number of hydrogen-bond donors (Lipinski definition) is 3. The van der Waals surface area contributed by atoms with Crippen LogP contribution >= 0.6 is 11.6 Å². The summed E-state index contributed by atoms with van der Waals surface area (Å²) in [7, 11) is -3.10. The maximum Gasteiger partial charge on any atom is 0.276 e. The molecule has 0 aliphatic rings. The van der Waals surface area contributed by atoms with Crippen LogP contribution in [0.25, 0.3) is 22.0 Å². The Morgan fingerprint density at radius 3 is 2.64 bits per heavy atom. The predicted octanol–water partition coefficient (Wildman–Crippen LogP) is 3.44. The first-order chi connectivity index (χ1) is 18.6. The molecule has 5 aromatic rings. The molecule has 39 heavy (non-hydrogen) atoms. The van der Waals surface area contributed by atoms with Gasteiger partial charge in [-0.2, -0.15) is 10.3 Å². The number of tetrazole rings is 1. The van der Waals surface area contributed by atoms with Crippen molar-refractivity contribution in [1.29, 1.82) is 0 Å². The van der Waals surface area contributed by atoms with Crippen molar-refractivity contribution >= 4 is 44.2 Å². The lowest BCUT2D eigenvalue weighted by Gasteiger charge is -2.13. The summed E-state index contributed by atoms with van der Waals surface area (Å²) < 4.78 is 77.0. The first kappa shape index (κ1) is 26.1.